The molecule has 0 spiro atoms. The van der Waals surface area contributed by atoms with E-state index >= 15 is 0 Å². The summed E-state index contributed by atoms with van der Waals surface area (Å²) in [5.74, 6) is -0.665. The van der Waals surface area contributed by atoms with Crippen LogP contribution in [-0.4, -0.2) is 28.9 Å². The third kappa shape index (κ3) is 13.0. The van der Waals surface area contributed by atoms with Crippen LogP contribution in [0.4, 0.5) is 13.2 Å². The van der Waals surface area contributed by atoms with Gasteiger partial charge in [0.25, 0.3) is 0 Å². The van der Waals surface area contributed by atoms with E-state index in [0.29, 0.717) is 0 Å². The Morgan fingerprint density at radius 3 is 2.37 bits per heavy atom. The average Bonchev–Trinajstić information content (AvgIpc) is 2.69. The van der Waals surface area contributed by atoms with Crippen molar-refractivity contribution < 1.29 is 32.9 Å². The zero-order valence-electron chi connectivity index (χ0n) is 17.1. The summed E-state index contributed by atoms with van der Waals surface area (Å²) in [7, 11) is 0. The molecule has 0 aliphatic rings. The largest absolute Gasteiger partial charge is 0.491 e. The second-order valence-electron chi connectivity index (χ2n) is 7.12. The summed E-state index contributed by atoms with van der Waals surface area (Å²) in [6.45, 7) is -0.127. The topological polar surface area (TPSA) is 66.8 Å². The van der Waals surface area contributed by atoms with Crippen LogP contribution in [0.1, 0.15) is 63.4 Å². The Bertz CT molecular complexity index is 669. The molecule has 0 saturated heterocycles. The molecule has 1 atom stereocenters. The monoisotopic (exact) mass is 428 g/mol. The molecule has 30 heavy (non-hydrogen) atoms. The number of allylic oxidation sites excluding steroid dienone is 3. The molecule has 2 N–H and O–H groups in total. The maximum atomic E-state index is 12.6. The quantitative estimate of drug-likeness (QED) is 0.260. The summed E-state index contributed by atoms with van der Waals surface area (Å²) in [6, 6.07) is 4.56. The number of unbranched alkanes of at least 4 members (excludes halogenated alkanes) is 7. The summed E-state index contributed by atoms with van der Waals surface area (Å²) < 4.78 is 43.2. The molecular weight excluding hydrogens is 397 g/mol. The van der Waals surface area contributed by atoms with Gasteiger partial charge < -0.3 is 14.9 Å². The summed E-state index contributed by atoms with van der Waals surface area (Å²) in [4.78, 5) is 10.4. The Balaban J connectivity index is 2.09. The molecule has 168 valence electrons. The highest BCUT2D eigenvalue weighted by Gasteiger charge is 2.30. The second-order valence-corrected chi connectivity index (χ2v) is 7.12. The van der Waals surface area contributed by atoms with Crippen LogP contribution in [0.5, 0.6) is 5.75 Å². The maximum Gasteiger partial charge on any atom is 0.416 e. The maximum absolute atomic E-state index is 12.6. The van der Waals surface area contributed by atoms with Crippen LogP contribution in [-0.2, 0) is 11.0 Å². The van der Waals surface area contributed by atoms with E-state index in [2.05, 4.69) is 0 Å². The molecule has 0 aliphatic carbocycles. The van der Waals surface area contributed by atoms with Gasteiger partial charge in [-0.3, -0.25) is 4.79 Å². The van der Waals surface area contributed by atoms with Crippen LogP contribution in [0.15, 0.2) is 48.6 Å². The summed E-state index contributed by atoms with van der Waals surface area (Å²) in [6.07, 6.45) is 10.2. The molecule has 1 rings (SSSR count). The fraction of sp³-hybridized carbons (Fsp3) is 0.522. The van der Waals surface area contributed by atoms with Gasteiger partial charge in [-0.05, 0) is 37.5 Å². The number of aliphatic hydroxyl groups excluding tert-OH is 1. The number of benzene rings is 1. The van der Waals surface area contributed by atoms with E-state index in [9.17, 15) is 23.1 Å². The van der Waals surface area contributed by atoms with Gasteiger partial charge in [0.05, 0.1) is 5.56 Å². The predicted octanol–water partition coefficient (Wildman–Crippen LogP) is 6.15. The Morgan fingerprint density at radius 2 is 1.70 bits per heavy atom. The van der Waals surface area contributed by atoms with Gasteiger partial charge in [-0.1, -0.05) is 62.5 Å². The Hall–Kier alpha value is -2.28. The molecule has 0 amide bonds. The minimum absolute atomic E-state index is 0.0645. The molecule has 0 radical (unpaired) electrons. The van der Waals surface area contributed by atoms with Gasteiger partial charge in [0.1, 0.15) is 18.5 Å². The number of aliphatic carboxylic acids is 1. The van der Waals surface area contributed by atoms with Crippen LogP contribution >= 0.6 is 0 Å². The van der Waals surface area contributed by atoms with E-state index in [4.69, 9.17) is 9.84 Å². The number of hydrogen-bond acceptors (Lipinski definition) is 3. The van der Waals surface area contributed by atoms with E-state index in [1.807, 2.05) is 12.2 Å². The first-order valence-corrected chi connectivity index (χ1v) is 10.3. The number of carbonyl (C=O) groups is 1. The van der Waals surface area contributed by atoms with Crippen molar-refractivity contribution in [3.05, 3.63) is 54.1 Å². The van der Waals surface area contributed by atoms with E-state index in [1.165, 1.54) is 18.2 Å². The molecule has 1 aromatic carbocycles. The lowest BCUT2D eigenvalue weighted by molar-refractivity contribution is -0.138. The Kier molecular flexibility index (Phi) is 12.6. The minimum atomic E-state index is -4.43. The number of hydrogen-bond donors (Lipinski definition) is 2. The fourth-order valence-corrected chi connectivity index (χ4v) is 2.79. The fourth-order valence-electron chi connectivity index (χ4n) is 2.79. The highest BCUT2D eigenvalue weighted by molar-refractivity contribution is 5.66. The first-order chi connectivity index (χ1) is 14.3. The summed E-state index contributed by atoms with van der Waals surface area (Å²) >= 11 is 0. The van der Waals surface area contributed by atoms with Crippen molar-refractivity contribution in [1.29, 1.82) is 0 Å². The highest BCUT2D eigenvalue weighted by Crippen LogP contribution is 2.31. The van der Waals surface area contributed by atoms with Crippen molar-refractivity contribution in [2.24, 2.45) is 0 Å². The lowest BCUT2D eigenvalue weighted by Gasteiger charge is -2.11. The lowest BCUT2D eigenvalue weighted by atomic mass is 10.1. The third-order valence-electron chi connectivity index (χ3n) is 4.42. The molecule has 0 heterocycles. The van der Waals surface area contributed by atoms with E-state index in [-0.39, 0.29) is 18.8 Å². The Morgan fingerprint density at radius 1 is 1.03 bits per heavy atom. The smallest absolute Gasteiger partial charge is 0.416 e. The van der Waals surface area contributed by atoms with Gasteiger partial charge in [0, 0.05) is 6.42 Å². The van der Waals surface area contributed by atoms with Gasteiger partial charge in [-0.25, -0.2) is 0 Å². The molecule has 1 aromatic rings. The van der Waals surface area contributed by atoms with Gasteiger partial charge >= 0.3 is 12.1 Å². The number of ether oxygens (including phenoxy) is 1. The predicted molar refractivity (Wildman–Crippen MR) is 110 cm³/mol. The van der Waals surface area contributed by atoms with E-state index in [0.717, 1.165) is 63.5 Å². The molecule has 0 fully saturated rings. The number of carboxylic acid groups (broad SMARTS) is 1. The lowest BCUT2D eigenvalue weighted by Crippen LogP contribution is -2.15. The normalized spacial score (nSPS) is 13.2. The SMILES string of the molecule is O=C(O)CCCCCCCCC/C=C\C=C\C(O)COc1cccc(C(F)(F)F)c1. The number of carboxylic acids is 1. The Labute approximate surface area is 176 Å². The van der Waals surface area contributed by atoms with E-state index < -0.39 is 23.8 Å². The van der Waals surface area contributed by atoms with Crippen LogP contribution in [0.2, 0.25) is 0 Å². The highest BCUT2D eigenvalue weighted by atomic mass is 19.4. The zero-order chi connectivity index (χ0) is 22.2. The van der Waals surface area contributed by atoms with Crippen molar-refractivity contribution >= 4 is 5.97 Å². The van der Waals surface area contributed by atoms with Gasteiger partial charge in [-0.15, -0.1) is 0 Å². The molecule has 0 saturated carbocycles. The molecular formula is C23H31F3O4. The van der Waals surface area contributed by atoms with Crippen molar-refractivity contribution in [3.8, 4) is 5.75 Å². The van der Waals surface area contributed by atoms with Crippen LogP contribution < -0.4 is 4.74 Å². The zero-order valence-corrected chi connectivity index (χ0v) is 17.1. The standard InChI is InChI=1S/C23H31F3O4/c24-23(25,26)19-13-12-15-21(17-19)30-18-20(27)14-10-8-6-4-2-1-3-5-7-9-11-16-22(28)29/h6,8,10,12-15,17,20,27H,1-5,7,9,11,16,18H2,(H,28,29)/b8-6-,14-10+. The molecule has 1 unspecified atom stereocenters. The van der Waals surface area contributed by atoms with Crippen molar-refractivity contribution in [1.82, 2.24) is 0 Å². The second kappa shape index (κ2) is 14.7. The van der Waals surface area contributed by atoms with Gasteiger partial charge in [0.15, 0.2) is 0 Å². The van der Waals surface area contributed by atoms with Crippen LogP contribution in [0.3, 0.4) is 0 Å². The summed E-state index contributed by atoms with van der Waals surface area (Å²) in [5.41, 5.74) is -0.786. The number of alkyl halides is 3. The third-order valence-corrected chi connectivity index (χ3v) is 4.42. The number of aliphatic hydroxyl groups is 1. The van der Waals surface area contributed by atoms with Crippen molar-refractivity contribution in [3.63, 3.8) is 0 Å². The first kappa shape index (κ1) is 25.8. The van der Waals surface area contributed by atoms with E-state index in [1.54, 1.807) is 6.08 Å². The van der Waals surface area contributed by atoms with Gasteiger partial charge in [0.2, 0.25) is 0 Å². The molecule has 7 heteroatoms. The summed E-state index contributed by atoms with van der Waals surface area (Å²) in [5, 5.41) is 18.4. The molecule has 4 nitrogen and oxygen atoms in total. The molecule has 0 aromatic heterocycles. The number of rotatable bonds is 15. The van der Waals surface area contributed by atoms with Crippen molar-refractivity contribution in [2.45, 2.75) is 70.1 Å². The van der Waals surface area contributed by atoms with Crippen LogP contribution in [0.25, 0.3) is 0 Å². The minimum Gasteiger partial charge on any atom is -0.491 e. The van der Waals surface area contributed by atoms with Gasteiger partial charge in [-0.2, -0.15) is 13.2 Å². The first-order valence-electron chi connectivity index (χ1n) is 10.3. The molecule has 0 aliphatic heterocycles. The molecule has 0 bridgehead atoms. The van der Waals surface area contributed by atoms with Crippen LogP contribution in [0, 0.1) is 0 Å². The average molecular weight is 428 g/mol. The number of halogens is 3. The van der Waals surface area contributed by atoms with Crippen molar-refractivity contribution in [2.75, 3.05) is 6.61 Å².